The molecule has 1 rings (SSSR count). The van der Waals surface area contributed by atoms with E-state index in [0.29, 0.717) is 6.61 Å². The third-order valence-electron chi connectivity index (χ3n) is 2.26. The zero-order valence-electron chi connectivity index (χ0n) is 9.88. The van der Waals surface area contributed by atoms with Gasteiger partial charge in [-0.3, -0.25) is 0 Å². The predicted octanol–water partition coefficient (Wildman–Crippen LogP) is 1.70. The predicted molar refractivity (Wildman–Crippen MR) is 64.3 cm³/mol. The lowest BCUT2D eigenvalue weighted by molar-refractivity contribution is 0.116. The van der Waals surface area contributed by atoms with Crippen LogP contribution >= 0.6 is 0 Å². The molecule has 0 saturated carbocycles. The Morgan fingerprint density at radius 2 is 1.94 bits per heavy atom. The molecule has 0 N–H and O–H groups in total. The molecule has 0 aromatic heterocycles. The summed E-state index contributed by atoms with van der Waals surface area (Å²) in [6.07, 6.45) is -0.911. The Morgan fingerprint density at radius 3 is 2.41 bits per heavy atom. The van der Waals surface area contributed by atoms with Gasteiger partial charge in [0.15, 0.2) is 15.9 Å². The van der Waals surface area contributed by atoms with E-state index in [-0.39, 0.29) is 10.6 Å². The summed E-state index contributed by atoms with van der Waals surface area (Å²) in [5.74, 6) is -0.305. The SMILES string of the molecule is CCOC(C#N)CS(=O)(=O)c1ccc(C)cc1. The third-order valence-corrected chi connectivity index (χ3v) is 3.99. The van der Waals surface area contributed by atoms with Crippen LogP contribution in [0.25, 0.3) is 0 Å². The normalized spacial score (nSPS) is 13.0. The minimum atomic E-state index is -3.46. The smallest absolute Gasteiger partial charge is 0.181 e. The number of ether oxygens (including phenoxy) is 1. The molecule has 0 aliphatic carbocycles. The molecule has 0 aliphatic rings. The van der Waals surface area contributed by atoms with Crippen molar-refractivity contribution in [1.29, 1.82) is 5.26 Å². The molecule has 4 nitrogen and oxygen atoms in total. The van der Waals surface area contributed by atoms with Crippen molar-refractivity contribution in [3.8, 4) is 6.07 Å². The summed E-state index contributed by atoms with van der Waals surface area (Å²) < 4.78 is 28.9. The average molecular weight is 253 g/mol. The second kappa shape index (κ2) is 5.80. The third kappa shape index (κ3) is 3.84. The maximum Gasteiger partial charge on any atom is 0.181 e. The lowest BCUT2D eigenvalue weighted by atomic mass is 10.2. The standard InChI is InChI=1S/C12H15NO3S/c1-3-16-11(8-13)9-17(14,15)12-6-4-10(2)5-7-12/h4-7,11H,3,9H2,1-2H3. The Bertz CT molecular complexity index is 500. The van der Waals surface area contributed by atoms with Crippen LogP contribution in [-0.2, 0) is 14.6 Å². The van der Waals surface area contributed by atoms with Gasteiger partial charge < -0.3 is 4.74 Å². The summed E-state index contributed by atoms with van der Waals surface area (Å²) in [5.41, 5.74) is 0.991. The van der Waals surface area contributed by atoms with Crippen LogP contribution in [0.15, 0.2) is 29.2 Å². The number of nitrogens with zero attached hydrogens (tertiary/aromatic N) is 1. The first-order chi connectivity index (χ1) is 7.99. The van der Waals surface area contributed by atoms with Crippen LogP contribution in [0.4, 0.5) is 0 Å². The summed E-state index contributed by atoms with van der Waals surface area (Å²) in [4.78, 5) is 0.225. The molecule has 5 heteroatoms. The molecule has 1 aromatic rings. The molecule has 1 aromatic carbocycles. The minimum absolute atomic E-state index is 0.225. The van der Waals surface area contributed by atoms with Crippen molar-refractivity contribution < 1.29 is 13.2 Å². The second-order valence-corrected chi connectivity index (χ2v) is 5.70. The summed E-state index contributed by atoms with van der Waals surface area (Å²) in [6, 6.07) is 8.39. The molecule has 0 heterocycles. The van der Waals surface area contributed by atoms with E-state index in [2.05, 4.69) is 0 Å². The van der Waals surface area contributed by atoms with E-state index >= 15 is 0 Å². The van der Waals surface area contributed by atoms with Gasteiger partial charge in [-0.1, -0.05) is 17.7 Å². The van der Waals surface area contributed by atoms with Crippen molar-refractivity contribution >= 4 is 9.84 Å². The van der Waals surface area contributed by atoms with Gasteiger partial charge in [0.2, 0.25) is 0 Å². The highest BCUT2D eigenvalue weighted by atomic mass is 32.2. The second-order valence-electron chi connectivity index (χ2n) is 3.67. The van der Waals surface area contributed by atoms with Crippen LogP contribution in [0.2, 0.25) is 0 Å². The Balaban J connectivity index is 2.89. The lowest BCUT2D eigenvalue weighted by Gasteiger charge is -2.10. The number of hydrogen-bond donors (Lipinski definition) is 0. The van der Waals surface area contributed by atoms with E-state index in [1.807, 2.05) is 13.0 Å². The monoisotopic (exact) mass is 253 g/mol. The van der Waals surface area contributed by atoms with Crippen LogP contribution in [0.5, 0.6) is 0 Å². The molecule has 0 fully saturated rings. The topological polar surface area (TPSA) is 67.2 Å². The molecule has 92 valence electrons. The molecule has 0 bridgehead atoms. The van der Waals surface area contributed by atoms with Crippen LogP contribution in [0.1, 0.15) is 12.5 Å². The summed E-state index contributed by atoms with van der Waals surface area (Å²) in [7, 11) is -3.46. The van der Waals surface area contributed by atoms with Gasteiger partial charge >= 0.3 is 0 Å². The van der Waals surface area contributed by atoms with Crippen molar-refractivity contribution in [2.45, 2.75) is 24.8 Å². The average Bonchev–Trinajstić information content (AvgIpc) is 2.28. The maximum absolute atomic E-state index is 12.0. The molecule has 1 unspecified atom stereocenters. The number of nitriles is 1. The highest BCUT2D eigenvalue weighted by Crippen LogP contribution is 2.13. The van der Waals surface area contributed by atoms with Crippen molar-refractivity contribution in [2.75, 3.05) is 12.4 Å². The Labute approximate surface area is 102 Å². The first kappa shape index (κ1) is 13.7. The zero-order chi connectivity index (χ0) is 12.9. The number of benzene rings is 1. The fourth-order valence-electron chi connectivity index (χ4n) is 1.36. The Morgan fingerprint density at radius 1 is 1.35 bits per heavy atom. The molecule has 0 saturated heterocycles. The largest absolute Gasteiger partial charge is 0.362 e. The van der Waals surface area contributed by atoms with Crippen molar-refractivity contribution in [2.24, 2.45) is 0 Å². The number of sulfone groups is 1. The van der Waals surface area contributed by atoms with Crippen molar-refractivity contribution in [3.05, 3.63) is 29.8 Å². The van der Waals surface area contributed by atoms with E-state index in [1.54, 1.807) is 31.2 Å². The molecule has 0 spiro atoms. The summed E-state index contributed by atoms with van der Waals surface area (Å²) in [6.45, 7) is 3.93. The van der Waals surface area contributed by atoms with Crippen LogP contribution in [-0.4, -0.2) is 26.9 Å². The lowest BCUT2D eigenvalue weighted by Crippen LogP contribution is -2.22. The fourth-order valence-corrected chi connectivity index (χ4v) is 2.68. The molecular weight excluding hydrogens is 238 g/mol. The van der Waals surface area contributed by atoms with Crippen LogP contribution < -0.4 is 0 Å². The quantitative estimate of drug-likeness (QED) is 0.801. The van der Waals surface area contributed by atoms with E-state index < -0.39 is 15.9 Å². The summed E-state index contributed by atoms with van der Waals surface area (Å²) in [5, 5.41) is 8.77. The molecule has 0 aliphatic heterocycles. The number of hydrogen-bond acceptors (Lipinski definition) is 4. The van der Waals surface area contributed by atoms with E-state index in [4.69, 9.17) is 10.00 Å². The molecule has 0 amide bonds. The van der Waals surface area contributed by atoms with Gasteiger partial charge in [0.05, 0.1) is 16.7 Å². The van der Waals surface area contributed by atoms with Gasteiger partial charge in [0, 0.05) is 6.61 Å². The van der Waals surface area contributed by atoms with Crippen LogP contribution in [0, 0.1) is 18.3 Å². The van der Waals surface area contributed by atoms with Gasteiger partial charge in [0.1, 0.15) is 0 Å². The Kier molecular flexibility index (Phi) is 4.67. The highest BCUT2D eigenvalue weighted by molar-refractivity contribution is 7.91. The van der Waals surface area contributed by atoms with Gasteiger partial charge in [0.25, 0.3) is 0 Å². The molecule has 0 radical (unpaired) electrons. The number of rotatable bonds is 5. The Hall–Kier alpha value is -1.38. The highest BCUT2D eigenvalue weighted by Gasteiger charge is 2.21. The van der Waals surface area contributed by atoms with Crippen LogP contribution in [0.3, 0.4) is 0 Å². The molecular formula is C12H15NO3S. The minimum Gasteiger partial charge on any atom is -0.362 e. The fraction of sp³-hybridized carbons (Fsp3) is 0.417. The molecule has 17 heavy (non-hydrogen) atoms. The summed E-state index contributed by atoms with van der Waals surface area (Å²) >= 11 is 0. The number of aryl methyl sites for hydroxylation is 1. The van der Waals surface area contributed by atoms with Gasteiger partial charge in [-0.05, 0) is 26.0 Å². The maximum atomic E-state index is 12.0. The van der Waals surface area contributed by atoms with Crippen molar-refractivity contribution in [1.82, 2.24) is 0 Å². The van der Waals surface area contributed by atoms with E-state index in [9.17, 15) is 8.42 Å². The first-order valence-electron chi connectivity index (χ1n) is 5.30. The first-order valence-corrected chi connectivity index (χ1v) is 6.95. The van der Waals surface area contributed by atoms with Gasteiger partial charge in [-0.25, -0.2) is 8.42 Å². The van der Waals surface area contributed by atoms with E-state index in [1.165, 1.54) is 0 Å². The van der Waals surface area contributed by atoms with Gasteiger partial charge in [-0.2, -0.15) is 5.26 Å². The molecule has 1 atom stereocenters. The van der Waals surface area contributed by atoms with Crippen molar-refractivity contribution in [3.63, 3.8) is 0 Å². The van der Waals surface area contributed by atoms with E-state index in [0.717, 1.165) is 5.56 Å². The van der Waals surface area contributed by atoms with Gasteiger partial charge in [-0.15, -0.1) is 0 Å². The zero-order valence-corrected chi connectivity index (χ0v) is 10.7.